The van der Waals surface area contributed by atoms with Gasteiger partial charge in [-0.25, -0.2) is 4.98 Å². The average molecular weight is 349 g/mol. The summed E-state index contributed by atoms with van der Waals surface area (Å²) in [6.45, 7) is 5.57. The summed E-state index contributed by atoms with van der Waals surface area (Å²) in [6.07, 6.45) is 2.87. The van der Waals surface area contributed by atoms with Gasteiger partial charge in [0.15, 0.2) is 11.0 Å². The molecular weight excluding hydrogens is 326 g/mol. The lowest BCUT2D eigenvalue weighted by Gasteiger charge is -2.30. The standard InChI is InChI=1S/C16H23N5O2S/c1-10(2)14-19-15(23-20-14)11-5-7-21(8-6-11)13(22)4-3-12-9-24-16(17)18-12/h9-11H,3-8H2,1-2H3,(H2,17,18). The Morgan fingerprint density at radius 1 is 1.42 bits per heavy atom. The fourth-order valence-electron chi connectivity index (χ4n) is 2.85. The summed E-state index contributed by atoms with van der Waals surface area (Å²) < 4.78 is 5.39. The highest BCUT2D eigenvalue weighted by atomic mass is 32.1. The third-order valence-electron chi connectivity index (χ3n) is 4.34. The molecule has 0 saturated carbocycles. The summed E-state index contributed by atoms with van der Waals surface area (Å²) in [5.41, 5.74) is 6.51. The number of rotatable bonds is 5. The van der Waals surface area contributed by atoms with E-state index in [1.807, 2.05) is 24.1 Å². The molecule has 8 heteroatoms. The van der Waals surface area contributed by atoms with Crippen molar-refractivity contribution in [3.05, 3.63) is 22.8 Å². The lowest BCUT2D eigenvalue weighted by molar-refractivity contribution is -0.132. The van der Waals surface area contributed by atoms with E-state index in [4.69, 9.17) is 10.3 Å². The molecular formula is C16H23N5O2S. The zero-order valence-corrected chi connectivity index (χ0v) is 14.9. The Kier molecular flexibility index (Phi) is 5.13. The highest BCUT2D eigenvalue weighted by Crippen LogP contribution is 2.28. The zero-order valence-electron chi connectivity index (χ0n) is 14.1. The topological polar surface area (TPSA) is 98.1 Å². The van der Waals surface area contributed by atoms with E-state index in [-0.39, 0.29) is 17.7 Å². The average Bonchev–Trinajstić information content (AvgIpc) is 3.22. The summed E-state index contributed by atoms with van der Waals surface area (Å²) >= 11 is 1.41. The lowest BCUT2D eigenvalue weighted by Crippen LogP contribution is -2.38. The molecule has 0 atom stereocenters. The van der Waals surface area contributed by atoms with Crippen LogP contribution in [0.5, 0.6) is 0 Å². The highest BCUT2D eigenvalue weighted by molar-refractivity contribution is 7.13. The Morgan fingerprint density at radius 2 is 2.17 bits per heavy atom. The minimum absolute atomic E-state index is 0.174. The third-order valence-corrected chi connectivity index (χ3v) is 5.06. The summed E-state index contributed by atoms with van der Waals surface area (Å²) in [6, 6.07) is 0. The van der Waals surface area contributed by atoms with E-state index in [2.05, 4.69) is 15.1 Å². The Bertz CT molecular complexity index is 688. The van der Waals surface area contributed by atoms with Crippen LogP contribution in [0.1, 0.15) is 62.4 Å². The van der Waals surface area contributed by atoms with Crippen LogP contribution < -0.4 is 5.73 Å². The first-order chi connectivity index (χ1) is 11.5. The van der Waals surface area contributed by atoms with Crippen LogP contribution in [0.25, 0.3) is 0 Å². The Hall–Kier alpha value is -1.96. The van der Waals surface area contributed by atoms with Crippen molar-refractivity contribution in [2.75, 3.05) is 18.8 Å². The number of thiazole rings is 1. The van der Waals surface area contributed by atoms with Gasteiger partial charge in [0.05, 0.1) is 5.69 Å². The maximum absolute atomic E-state index is 12.3. The maximum atomic E-state index is 12.3. The number of amides is 1. The van der Waals surface area contributed by atoms with Gasteiger partial charge in [-0.2, -0.15) is 4.98 Å². The first-order valence-corrected chi connectivity index (χ1v) is 9.22. The molecule has 0 aliphatic carbocycles. The number of nitrogens with two attached hydrogens (primary N) is 1. The molecule has 1 fully saturated rings. The largest absolute Gasteiger partial charge is 0.375 e. The number of anilines is 1. The number of likely N-dealkylation sites (tertiary alicyclic amines) is 1. The molecule has 1 aliphatic rings. The van der Waals surface area contributed by atoms with Crippen molar-refractivity contribution >= 4 is 22.4 Å². The predicted octanol–water partition coefficient (Wildman–Crippen LogP) is 2.57. The second-order valence-corrected chi connectivity index (χ2v) is 7.37. The number of nitrogens with zero attached hydrogens (tertiary/aromatic N) is 4. The Morgan fingerprint density at radius 3 is 2.75 bits per heavy atom. The molecule has 0 spiro atoms. The quantitative estimate of drug-likeness (QED) is 0.891. The smallest absolute Gasteiger partial charge is 0.229 e. The number of aromatic nitrogens is 3. The molecule has 2 aromatic heterocycles. The van der Waals surface area contributed by atoms with E-state index in [1.165, 1.54) is 11.3 Å². The molecule has 3 rings (SSSR count). The summed E-state index contributed by atoms with van der Waals surface area (Å²) in [5, 5.41) is 6.49. The van der Waals surface area contributed by atoms with Gasteiger partial charge in [0, 0.05) is 36.7 Å². The second kappa shape index (κ2) is 7.29. The predicted molar refractivity (Wildman–Crippen MR) is 91.8 cm³/mol. The van der Waals surface area contributed by atoms with Crippen molar-refractivity contribution < 1.29 is 9.32 Å². The lowest BCUT2D eigenvalue weighted by atomic mass is 9.96. The van der Waals surface area contributed by atoms with E-state index in [9.17, 15) is 4.79 Å². The molecule has 24 heavy (non-hydrogen) atoms. The van der Waals surface area contributed by atoms with Crippen LogP contribution in [0.15, 0.2) is 9.90 Å². The van der Waals surface area contributed by atoms with Crippen molar-refractivity contribution in [1.82, 2.24) is 20.0 Å². The SMILES string of the molecule is CC(C)c1noc(C2CCN(C(=O)CCc3csc(N)n3)CC2)n1. The van der Waals surface area contributed by atoms with Crippen molar-refractivity contribution in [2.45, 2.75) is 51.4 Å². The molecule has 0 unspecified atom stereocenters. The van der Waals surface area contributed by atoms with Crippen LogP contribution >= 0.6 is 11.3 Å². The van der Waals surface area contributed by atoms with E-state index >= 15 is 0 Å². The Labute approximate surface area is 145 Å². The van der Waals surface area contributed by atoms with Crippen LogP contribution in [-0.4, -0.2) is 39.0 Å². The summed E-state index contributed by atoms with van der Waals surface area (Å²) in [5.74, 6) is 2.17. The normalized spacial score (nSPS) is 16.0. The molecule has 130 valence electrons. The first-order valence-electron chi connectivity index (χ1n) is 8.34. The van der Waals surface area contributed by atoms with Gasteiger partial charge in [0.1, 0.15) is 0 Å². The van der Waals surface area contributed by atoms with Gasteiger partial charge in [-0.05, 0) is 19.3 Å². The van der Waals surface area contributed by atoms with Gasteiger partial charge >= 0.3 is 0 Å². The van der Waals surface area contributed by atoms with Gasteiger partial charge in [-0.3, -0.25) is 4.79 Å². The van der Waals surface area contributed by atoms with Crippen molar-refractivity contribution in [1.29, 1.82) is 0 Å². The molecule has 1 saturated heterocycles. The fraction of sp³-hybridized carbons (Fsp3) is 0.625. The molecule has 0 radical (unpaired) electrons. The molecule has 2 N–H and O–H groups in total. The maximum Gasteiger partial charge on any atom is 0.229 e. The highest BCUT2D eigenvalue weighted by Gasteiger charge is 2.27. The van der Waals surface area contributed by atoms with Gasteiger partial charge in [0.25, 0.3) is 0 Å². The van der Waals surface area contributed by atoms with E-state index in [0.29, 0.717) is 23.9 Å². The third kappa shape index (κ3) is 3.92. The monoisotopic (exact) mass is 349 g/mol. The van der Waals surface area contributed by atoms with Crippen molar-refractivity contribution in [3.63, 3.8) is 0 Å². The molecule has 7 nitrogen and oxygen atoms in total. The van der Waals surface area contributed by atoms with Crippen LogP contribution in [0.3, 0.4) is 0 Å². The number of carbonyl (C=O) groups is 1. The number of hydrogen-bond acceptors (Lipinski definition) is 7. The van der Waals surface area contributed by atoms with Crippen LogP contribution in [0.4, 0.5) is 5.13 Å². The molecule has 2 aromatic rings. The number of aryl methyl sites for hydroxylation is 1. The molecule has 0 bridgehead atoms. The van der Waals surface area contributed by atoms with Gasteiger partial charge in [0.2, 0.25) is 11.8 Å². The van der Waals surface area contributed by atoms with Crippen molar-refractivity contribution in [2.24, 2.45) is 0 Å². The van der Waals surface area contributed by atoms with Crippen molar-refractivity contribution in [3.8, 4) is 0 Å². The fourth-order valence-corrected chi connectivity index (χ4v) is 3.45. The summed E-state index contributed by atoms with van der Waals surface area (Å²) in [4.78, 5) is 22.9. The number of hydrogen-bond donors (Lipinski definition) is 1. The van der Waals surface area contributed by atoms with Gasteiger partial charge < -0.3 is 15.2 Å². The number of carbonyl (C=O) groups excluding carboxylic acids is 1. The van der Waals surface area contributed by atoms with E-state index < -0.39 is 0 Å². The number of piperidine rings is 1. The van der Waals surface area contributed by atoms with E-state index in [1.54, 1.807) is 0 Å². The first kappa shape index (κ1) is 16.9. The van der Waals surface area contributed by atoms with Gasteiger partial charge in [-0.15, -0.1) is 11.3 Å². The molecule has 1 amide bonds. The minimum atomic E-state index is 0.174. The molecule has 3 heterocycles. The number of nitrogen functional groups attached to an aromatic ring is 1. The molecule has 0 aromatic carbocycles. The molecule has 1 aliphatic heterocycles. The Balaban J connectivity index is 1.48. The zero-order chi connectivity index (χ0) is 17.1. The summed E-state index contributed by atoms with van der Waals surface area (Å²) in [7, 11) is 0. The van der Waals surface area contributed by atoms with E-state index in [0.717, 1.165) is 37.4 Å². The van der Waals surface area contributed by atoms with Crippen LogP contribution in [-0.2, 0) is 11.2 Å². The van der Waals surface area contributed by atoms with Crippen LogP contribution in [0, 0.1) is 0 Å². The second-order valence-electron chi connectivity index (χ2n) is 6.48. The minimum Gasteiger partial charge on any atom is -0.375 e. The van der Waals surface area contributed by atoms with Gasteiger partial charge in [-0.1, -0.05) is 19.0 Å². The van der Waals surface area contributed by atoms with Crippen LogP contribution in [0.2, 0.25) is 0 Å².